The molecule has 3 rings (SSSR count). The largest absolute Gasteiger partial charge is 0.492 e. The van der Waals surface area contributed by atoms with Gasteiger partial charge in [-0.2, -0.15) is 0 Å². The molecule has 142 valence electrons. The van der Waals surface area contributed by atoms with Crippen molar-refractivity contribution in [2.75, 3.05) is 27.2 Å². The number of hydrogen-bond donors (Lipinski definition) is 1. The molecule has 3 aromatic rings. The van der Waals surface area contributed by atoms with Gasteiger partial charge in [0.2, 0.25) is 0 Å². The number of nitrogens with zero attached hydrogens (tertiary/aromatic N) is 3. The summed E-state index contributed by atoms with van der Waals surface area (Å²) < 4.78 is 7.82. The zero-order valence-electron chi connectivity index (χ0n) is 16.3. The number of ether oxygens (including phenoxy) is 1. The molecule has 0 aliphatic rings. The second kappa shape index (κ2) is 9.35. The number of imidazole rings is 1. The normalized spacial score (nSPS) is 12.3. The van der Waals surface area contributed by atoms with Crippen molar-refractivity contribution in [3.8, 4) is 11.4 Å². The van der Waals surface area contributed by atoms with Gasteiger partial charge in [0, 0.05) is 37.2 Å². The lowest BCUT2D eigenvalue weighted by atomic mass is 10.1. The predicted molar refractivity (Wildman–Crippen MR) is 109 cm³/mol. The van der Waals surface area contributed by atoms with Crippen molar-refractivity contribution in [3.63, 3.8) is 0 Å². The van der Waals surface area contributed by atoms with E-state index in [4.69, 9.17) is 4.74 Å². The molecule has 0 saturated heterocycles. The summed E-state index contributed by atoms with van der Waals surface area (Å²) in [6.07, 6.45) is 5.55. The average Bonchev–Trinajstić information content (AvgIpc) is 3.21. The number of likely N-dealkylation sites (N-methyl/N-ethyl adjacent to an activating group) is 1. The van der Waals surface area contributed by atoms with Gasteiger partial charge in [0.05, 0.1) is 6.33 Å². The summed E-state index contributed by atoms with van der Waals surface area (Å²) in [5.41, 5.74) is 3.60. The van der Waals surface area contributed by atoms with Crippen LogP contribution in [0.2, 0.25) is 0 Å². The summed E-state index contributed by atoms with van der Waals surface area (Å²) >= 11 is 0. The van der Waals surface area contributed by atoms with E-state index >= 15 is 0 Å². The van der Waals surface area contributed by atoms with Crippen LogP contribution in [-0.4, -0.2) is 41.7 Å². The third-order valence-corrected chi connectivity index (χ3v) is 4.51. The first-order valence-corrected chi connectivity index (χ1v) is 9.30. The number of hydrogen-bond acceptors (Lipinski definition) is 4. The van der Waals surface area contributed by atoms with E-state index in [1.54, 1.807) is 6.20 Å². The molecule has 27 heavy (non-hydrogen) atoms. The van der Waals surface area contributed by atoms with E-state index in [1.807, 2.05) is 43.3 Å². The lowest BCUT2D eigenvalue weighted by Gasteiger charge is -2.16. The Kier molecular flexibility index (Phi) is 6.63. The van der Waals surface area contributed by atoms with Crippen molar-refractivity contribution in [3.05, 3.63) is 78.4 Å². The third kappa shape index (κ3) is 5.67. The molecule has 0 fully saturated rings. The van der Waals surface area contributed by atoms with Crippen LogP contribution in [0.1, 0.15) is 24.1 Å². The van der Waals surface area contributed by atoms with E-state index in [9.17, 15) is 0 Å². The van der Waals surface area contributed by atoms with Crippen LogP contribution in [-0.2, 0) is 6.54 Å². The molecule has 1 aromatic heterocycles. The van der Waals surface area contributed by atoms with Gasteiger partial charge >= 0.3 is 0 Å². The molecular formula is C22H28N4O. The summed E-state index contributed by atoms with van der Waals surface area (Å²) in [5.74, 6) is 0.925. The maximum atomic E-state index is 5.82. The van der Waals surface area contributed by atoms with Gasteiger partial charge in [-0.05, 0) is 56.4 Å². The van der Waals surface area contributed by atoms with Crippen molar-refractivity contribution in [1.82, 2.24) is 19.8 Å². The molecule has 5 nitrogen and oxygen atoms in total. The van der Waals surface area contributed by atoms with Crippen LogP contribution in [0.5, 0.6) is 5.75 Å². The summed E-state index contributed by atoms with van der Waals surface area (Å²) in [6, 6.07) is 17.1. The summed E-state index contributed by atoms with van der Waals surface area (Å²) in [5, 5.41) is 3.59. The van der Waals surface area contributed by atoms with Crippen LogP contribution in [0.25, 0.3) is 5.69 Å². The molecule has 1 unspecified atom stereocenters. The van der Waals surface area contributed by atoms with Gasteiger partial charge in [0.15, 0.2) is 0 Å². The number of aromatic nitrogens is 2. The van der Waals surface area contributed by atoms with Gasteiger partial charge in [-0.25, -0.2) is 4.98 Å². The van der Waals surface area contributed by atoms with Gasteiger partial charge in [0.25, 0.3) is 0 Å². The molecule has 0 bridgehead atoms. The van der Waals surface area contributed by atoms with E-state index < -0.39 is 0 Å². The Morgan fingerprint density at radius 3 is 2.67 bits per heavy atom. The van der Waals surface area contributed by atoms with Gasteiger partial charge in [0.1, 0.15) is 12.4 Å². The highest BCUT2D eigenvalue weighted by Crippen LogP contribution is 2.18. The second-order valence-corrected chi connectivity index (χ2v) is 6.96. The Morgan fingerprint density at radius 2 is 1.96 bits per heavy atom. The maximum absolute atomic E-state index is 5.82. The molecule has 0 aliphatic heterocycles. The smallest absolute Gasteiger partial charge is 0.119 e. The highest BCUT2D eigenvalue weighted by atomic mass is 16.5. The van der Waals surface area contributed by atoms with Crippen molar-refractivity contribution < 1.29 is 4.74 Å². The standard InChI is InChI=1S/C22H28N4O/c1-18(20-7-9-21(10-8-20)26-12-11-23-17-26)24-16-19-5-4-6-22(15-19)27-14-13-25(2)3/h4-12,15,17-18,24H,13-14,16H2,1-3H3. The van der Waals surface area contributed by atoms with Gasteiger partial charge in [-0.15, -0.1) is 0 Å². The summed E-state index contributed by atoms with van der Waals surface area (Å²) in [7, 11) is 4.10. The average molecular weight is 364 g/mol. The van der Waals surface area contributed by atoms with E-state index in [2.05, 4.69) is 58.5 Å². The summed E-state index contributed by atoms with van der Waals surface area (Å²) in [4.78, 5) is 6.21. The third-order valence-electron chi connectivity index (χ3n) is 4.51. The molecule has 0 spiro atoms. The molecule has 0 aliphatic carbocycles. The van der Waals surface area contributed by atoms with E-state index in [0.29, 0.717) is 6.61 Å². The minimum Gasteiger partial charge on any atom is -0.492 e. The molecule has 2 aromatic carbocycles. The Hall–Kier alpha value is -2.63. The van der Waals surface area contributed by atoms with Gasteiger partial charge in [-0.3, -0.25) is 0 Å². The van der Waals surface area contributed by atoms with Gasteiger partial charge in [-0.1, -0.05) is 24.3 Å². The number of nitrogens with one attached hydrogen (secondary N) is 1. The minimum atomic E-state index is 0.264. The molecular weight excluding hydrogens is 336 g/mol. The van der Waals surface area contributed by atoms with Gasteiger partial charge < -0.3 is 19.5 Å². The zero-order chi connectivity index (χ0) is 19.1. The van der Waals surface area contributed by atoms with Crippen LogP contribution >= 0.6 is 0 Å². The molecule has 1 N–H and O–H groups in total. The predicted octanol–water partition coefficient (Wildman–Crippen LogP) is 3.66. The molecule has 5 heteroatoms. The van der Waals surface area contributed by atoms with Crippen LogP contribution in [0.4, 0.5) is 0 Å². The second-order valence-electron chi connectivity index (χ2n) is 6.96. The fourth-order valence-electron chi connectivity index (χ4n) is 2.83. The maximum Gasteiger partial charge on any atom is 0.119 e. The molecule has 0 saturated carbocycles. The zero-order valence-corrected chi connectivity index (χ0v) is 16.3. The van der Waals surface area contributed by atoms with Crippen LogP contribution in [0, 0.1) is 0 Å². The highest BCUT2D eigenvalue weighted by Gasteiger charge is 2.06. The first kappa shape index (κ1) is 19.1. The Labute approximate surface area is 161 Å². The lowest BCUT2D eigenvalue weighted by molar-refractivity contribution is 0.261. The first-order chi connectivity index (χ1) is 13.1. The first-order valence-electron chi connectivity index (χ1n) is 9.30. The Morgan fingerprint density at radius 1 is 1.15 bits per heavy atom. The SMILES string of the molecule is CC(NCc1cccc(OCCN(C)C)c1)c1ccc(-n2ccnc2)cc1. The molecule has 1 heterocycles. The van der Waals surface area contributed by atoms with Crippen molar-refractivity contribution in [1.29, 1.82) is 0 Å². The summed E-state index contributed by atoms with van der Waals surface area (Å²) in [6.45, 7) is 4.59. The van der Waals surface area contributed by atoms with Crippen LogP contribution < -0.4 is 10.1 Å². The van der Waals surface area contributed by atoms with Crippen molar-refractivity contribution >= 4 is 0 Å². The molecule has 1 atom stereocenters. The highest BCUT2D eigenvalue weighted by molar-refractivity contribution is 5.35. The van der Waals surface area contributed by atoms with E-state index in [0.717, 1.165) is 24.5 Å². The monoisotopic (exact) mass is 364 g/mol. The topological polar surface area (TPSA) is 42.3 Å². The van der Waals surface area contributed by atoms with Crippen LogP contribution in [0.3, 0.4) is 0 Å². The number of rotatable bonds is 9. The Balaban J connectivity index is 1.53. The Bertz CT molecular complexity index is 813. The number of benzene rings is 2. The van der Waals surface area contributed by atoms with Crippen molar-refractivity contribution in [2.45, 2.75) is 19.5 Å². The molecule has 0 radical (unpaired) electrons. The quantitative estimate of drug-likeness (QED) is 0.629. The van der Waals surface area contributed by atoms with E-state index in [1.165, 1.54) is 11.1 Å². The van der Waals surface area contributed by atoms with Crippen molar-refractivity contribution in [2.24, 2.45) is 0 Å². The lowest BCUT2D eigenvalue weighted by Crippen LogP contribution is -2.20. The van der Waals surface area contributed by atoms with Crippen LogP contribution in [0.15, 0.2) is 67.3 Å². The molecule has 0 amide bonds. The fraction of sp³-hybridized carbons (Fsp3) is 0.318. The van der Waals surface area contributed by atoms with E-state index in [-0.39, 0.29) is 6.04 Å². The fourth-order valence-corrected chi connectivity index (χ4v) is 2.83. The minimum absolute atomic E-state index is 0.264.